The summed E-state index contributed by atoms with van der Waals surface area (Å²) in [5.74, 6) is -0.777. The number of hydrogen-bond acceptors (Lipinski definition) is 7. The van der Waals surface area contributed by atoms with E-state index in [0.717, 1.165) is 6.07 Å². The molecule has 1 aromatic carbocycles. The van der Waals surface area contributed by atoms with Crippen LogP contribution in [-0.2, 0) is 17.9 Å². The number of anilines is 1. The maximum absolute atomic E-state index is 11.8. The minimum absolute atomic E-state index is 0.0121. The highest BCUT2D eigenvalue weighted by molar-refractivity contribution is 5.93. The molecule has 2 aromatic rings. The molecule has 2 rings (SSSR count). The monoisotopic (exact) mass is 292 g/mol. The van der Waals surface area contributed by atoms with E-state index in [0.29, 0.717) is 5.69 Å². The number of nitrogens with one attached hydrogen (secondary N) is 1. The number of nitrogens with two attached hydrogens (primary N) is 1. The smallest absolute Gasteiger partial charge is 0.296 e. The first kappa shape index (κ1) is 14.4. The van der Waals surface area contributed by atoms with E-state index in [1.54, 1.807) is 0 Å². The molecule has 0 saturated heterocycles. The highest BCUT2D eigenvalue weighted by atomic mass is 16.6. The van der Waals surface area contributed by atoms with E-state index in [-0.39, 0.29) is 24.5 Å². The summed E-state index contributed by atoms with van der Waals surface area (Å²) in [4.78, 5) is 22.0. The molecule has 1 aromatic heterocycles. The third-order valence-electron chi connectivity index (χ3n) is 2.55. The fourth-order valence-corrected chi connectivity index (χ4v) is 1.62. The molecule has 1 amide bonds. The van der Waals surface area contributed by atoms with E-state index in [4.69, 9.17) is 5.73 Å². The maximum atomic E-state index is 11.8. The Morgan fingerprint density at radius 3 is 2.90 bits per heavy atom. The molecule has 10 heteroatoms. The number of nitrogens with zero attached hydrogens (tertiary/aromatic N) is 4. The van der Waals surface area contributed by atoms with Crippen LogP contribution >= 0.6 is 0 Å². The summed E-state index contributed by atoms with van der Waals surface area (Å²) in [7, 11) is 0. The molecule has 0 aliphatic carbocycles. The van der Waals surface area contributed by atoms with Crippen LogP contribution in [0, 0.1) is 10.1 Å². The lowest BCUT2D eigenvalue weighted by Gasteiger charge is -2.06. The number of phenols is 1. The van der Waals surface area contributed by atoms with E-state index in [2.05, 4.69) is 15.6 Å². The van der Waals surface area contributed by atoms with Crippen molar-refractivity contribution in [2.24, 2.45) is 5.73 Å². The van der Waals surface area contributed by atoms with Gasteiger partial charge in [0.15, 0.2) is 0 Å². The van der Waals surface area contributed by atoms with E-state index >= 15 is 0 Å². The van der Waals surface area contributed by atoms with Gasteiger partial charge in [0.1, 0.15) is 18.0 Å². The second-order valence-electron chi connectivity index (χ2n) is 4.12. The predicted octanol–water partition coefficient (Wildman–Crippen LogP) is -0.0107. The Labute approximate surface area is 118 Å². The van der Waals surface area contributed by atoms with Crippen molar-refractivity contribution < 1.29 is 14.8 Å². The van der Waals surface area contributed by atoms with Crippen LogP contribution in [0.15, 0.2) is 24.4 Å². The number of rotatable bonds is 5. The molecule has 0 aliphatic heterocycles. The first-order chi connectivity index (χ1) is 9.99. The number of benzene rings is 1. The van der Waals surface area contributed by atoms with Gasteiger partial charge in [0, 0.05) is 6.54 Å². The second kappa shape index (κ2) is 5.96. The molecule has 0 atom stereocenters. The minimum Gasteiger partial charge on any atom is -0.508 e. The van der Waals surface area contributed by atoms with E-state index in [1.165, 1.54) is 23.0 Å². The van der Waals surface area contributed by atoms with E-state index in [9.17, 15) is 20.0 Å². The van der Waals surface area contributed by atoms with Crippen molar-refractivity contribution in [2.45, 2.75) is 13.1 Å². The summed E-state index contributed by atoms with van der Waals surface area (Å²) >= 11 is 0. The Morgan fingerprint density at radius 2 is 2.29 bits per heavy atom. The number of amides is 1. The lowest BCUT2D eigenvalue weighted by atomic mass is 10.2. The summed E-state index contributed by atoms with van der Waals surface area (Å²) in [6, 6.07) is 3.44. The van der Waals surface area contributed by atoms with Crippen LogP contribution in [0.2, 0.25) is 0 Å². The van der Waals surface area contributed by atoms with Crippen molar-refractivity contribution in [2.75, 3.05) is 5.32 Å². The normalized spacial score (nSPS) is 10.3. The molecule has 0 bridgehead atoms. The topological polar surface area (TPSA) is 149 Å². The van der Waals surface area contributed by atoms with Crippen molar-refractivity contribution in [3.8, 4) is 5.75 Å². The number of carbonyl (C=O) groups excluding carboxylic acids is 1. The third kappa shape index (κ3) is 3.51. The molecular weight excluding hydrogens is 280 g/mol. The van der Waals surface area contributed by atoms with Gasteiger partial charge in [-0.15, -0.1) is 5.10 Å². The van der Waals surface area contributed by atoms with Crippen LogP contribution in [0.5, 0.6) is 5.75 Å². The van der Waals surface area contributed by atoms with Gasteiger partial charge in [-0.1, -0.05) is 5.21 Å². The lowest BCUT2D eigenvalue weighted by Crippen LogP contribution is -2.19. The third-order valence-corrected chi connectivity index (χ3v) is 2.55. The van der Waals surface area contributed by atoms with Gasteiger partial charge in [-0.25, -0.2) is 4.68 Å². The highest BCUT2D eigenvalue weighted by Crippen LogP contribution is 2.28. The first-order valence-electron chi connectivity index (χ1n) is 5.86. The maximum Gasteiger partial charge on any atom is 0.296 e. The molecule has 21 heavy (non-hydrogen) atoms. The summed E-state index contributed by atoms with van der Waals surface area (Å²) in [5.41, 5.74) is 5.49. The molecule has 0 aliphatic rings. The number of phenolic OH excluding ortho intramolecular Hbond substituents is 1. The van der Waals surface area contributed by atoms with Gasteiger partial charge in [-0.05, 0) is 12.1 Å². The standard InChI is InChI=1S/C11H12N6O4/c12-4-7-5-16(15-14-7)6-11(19)13-9-2-1-8(18)3-10(9)17(20)21/h1-3,5,18H,4,6,12H2,(H,13,19). The molecule has 110 valence electrons. The number of nitro benzene ring substituents is 1. The molecule has 1 heterocycles. The second-order valence-corrected chi connectivity index (χ2v) is 4.12. The van der Waals surface area contributed by atoms with Crippen LogP contribution < -0.4 is 11.1 Å². The SMILES string of the molecule is NCc1cn(CC(=O)Nc2ccc(O)cc2[N+](=O)[O-])nn1. The van der Waals surface area contributed by atoms with E-state index in [1.807, 2.05) is 0 Å². The zero-order chi connectivity index (χ0) is 15.4. The number of hydrogen-bond donors (Lipinski definition) is 3. The fraction of sp³-hybridized carbons (Fsp3) is 0.182. The first-order valence-corrected chi connectivity index (χ1v) is 5.86. The summed E-state index contributed by atoms with van der Waals surface area (Å²) in [6.45, 7) is 0.0378. The van der Waals surface area contributed by atoms with Crippen LogP contribution in [0.25, 0.3) is 0 Å². The zero-order valence-corrected chi connectivity index (χ0v) is 10.8. The molecule has 0 fully saturated rings. The van der Waals surface area contributed by atoms with Crippen LogP contribution in [0.4, 0.5) is 11.4 Å². The number of carbonyl (C=O) groups is 1. The van der Waals surface area contributed by atoms with Crippen molar-refractivity contribution >= 4 is 17.3 Å². The quantitative estimate of drug-likeness (QED) is 0.398. The van der Waals surface area contributed by atoms with Gasteiger partial charge < -0.3 is 16.2 Å². The number of aromatic hydroxyl groups is 1. The Morgan fingerprint density at radius 1 is 1.52 bits per heavy atom. The number of aromatic nitrogens is 3. The fourth-order valence-electron chi connectivity index (χ4n) is 1.62. The van der Waals surface area contributed by atoms with Crippen molar-refractivity contribution in [1.82, 2.24) is 15.0 Å². The Balaban J connectivity index is 2.10. The van der Waals surface area contributed by atoms with Gasteiger partial charge in [-0.3, -0.25) is 14.9 Å². The van der Waals surface area contributed by atoms with Gasteiger partial charge in [-0.2, -0.15) is 0 Å². The van der Waals surface area contributed by atoms with Gasteiger partial charge >= 0.3 is 0 Å². The van der Waals surface area contributed by atoms with Crippen LogP contribution in [0.1, 0.15) is 5.69 Å². The number of nitro groups is 1. The summed E-state index contributed by atoms with van der Waals surface area (Å²) < 4.78 is 1.27. The molecular formula is C11H12N6O4. The average molecular weight is 292 g/mol. The Bertz CT molecular complexity index is 683. The molecule has 4 N–H and O–H groups in total. The molecule has 10 nitrogen and oxygen atoms in total. The Hall–Kier alpha value is -3.01. The largest absolute Gasteiger partial charge is 0.508 e. The van der Waals surface area contributed by atoms with Gasteiger partial charge in [0.25, 0.3) is 5.69 Å². The Kier molecular flexibility index (Phi) is 4.09. The summed E-state index contributed by atoms with van der Waals surface area (Å²) in [6.07, 6.45) is 1.50. The molecule has 0 unspecified atom stereocenters. The van der Waals surface area contributed by atoms with Gasteiger partial charge in [0.2, 0.25) is 5.91 Å². The van der Waals surface area contributed by atoms with Crippen molar-refractivity contribution in [3.63, 3.8) is 0 Å². The van der Waals surface area contributed by atoms with Crippen molar-refractivity contribution in [1.29, 1.82) is 0 Å². The van der Waals surface area contributed by atoms with Crippen LogP contribution in [0.3, 0.4) is 0 Å². The average Bonchev–Trinajstić information content (AvgIpc) is 2.88. The van der Waals surface area contributed by atoms with E-state index < -0.39 is 16.5 Å². The van der Waals surface area contributed by atoms with Crippen LogP contribution in [-0.4, -0.2) is 30.9 Å². The predicted molar refractivity (Wildman–Crippen MR) is 71.3 cm³/mol. The molecule has 0 spiro atoms. The zero-order valence-electron chi connectivity index (χ0n) is 10.8. The molecule has 0 radical (unpaired) electrons. The van der Waals surface area contributed by atoms with Crippen molar-refractivity contribution in [3.05, 3.63) is 40.2 Å². The minimum atomic E-state index is -0.697. The van der Waals surface area contributed by atoms with Gasteiger partial charge in [0.05, 0.1) is 22.9 Å². The lowest BCUT2D eigenvalue weighted by molar-refractivity contribution is -0.384. The highest BCUT2D eigenvalue weighted by Gasteiger charge is 2.17. The molecule has 0 saturated carbocycles. The summed E-state index contributed by atoms with van der Waals surface area (Å²) in [5, 5.41) is 29.9.